The second-order valence-electron chi connectivity index (χ2n) is 4.77. The molecule has 116 valence electrons. The van der Waals surface area contributed by atoms with Crippen molar-refractivity contribution >= 4 is 5.97 Å². The van der Waals surface area contributed by atoms with E-state index in [1.165, 1.54) is 12.1 Å². The van der Waals surface area contributed by atoms with Gasteiger partial charge in [0.2, 0.25) is 0 Å². The molecular formula is C16H14F3NO2. The van der Waals surface area contributed by atoms with Gasteiger partial charge in [0.1, 0.15) is 6.61 Å². The lowest BCUT2D eigenvalue weighted by atomic mass is 10.00. The summed E-state index contributed by atoms with van der Waals surface area (Å²) in [5.41, 5.74) is 0.333. The standard InChI is InChI=1S/C16H14F3NO2/c1-11(12-5-7-13(8-6-12)16(17,18)19)15(21)22-10-14-4-2-3-9-20-14/h2-9,11H,10H2,1H3. The Hall–Kier alpha value is -2.37. The first-order valence-electron chi connectivity index (χ1n) is 6.61. The van der Waals surface area contributed by atoms with E-state index in [2.05, 4.69) is 4.98 Å². The van der Waals surface area contributed by atoms with Crippen LogP contribution in [0, 0.1) is 0 Å². The van der Waals surface area contributed by atoms with Crippen molar-refractivity contribution in [2.24, 2.45) is 0 Å². The number of benzene rings is 1. The smallest absolute Gasteiger partial charge is 0.416 e. The molecule has 0 aliphatic carbocycles. The minimum Gasteiger partial charge on any atom is -0.459 e. The largest absolute Gasteiger partial charge is 0.459 e. The summed E-state index contributed by atoms with van der Waals surface area (Å²) in [4.78, 5) is 15.9. The fraction of sp³-hybridized carbons (Fsp3) is 0.250. The zero-order valence-electron chi connectivity index (χ0n) is 11.8. The summed E-state index contributed by atoms with van der Waals surface area (Å²) in [6.45, 7) is 1.62. The number of halogens is 3. The van der Waals surface area contributed by atoms with Crippen LogP contribution in [-0.4, -0.2) is 11.0 Å². The highest BCUT2D eigenvalue weighted by Gasteiger charge is 2.30. The fourth-order valence-electron chi connectivity index (χ4n) is 1.85. The highest BCUT2D eigenvalue weighted by atomic mass is 19.4. The van der Waals surface area contributed by atoms with Gasteiger partial charge in [-0.05, 0) is 36.8 Å². The van der Waals surface area contributed by atoms with Crippen molar-refractivity contribution in [3.63, 3.8) is 0 Å². The molecule has 6 heteroatoms. The predicted molar refractivity (Wildman–Crippen MR) is 73.9 cm³/mol. The van der Waals surface area contributed by atoms with Gasteiger partial charge in [-0.3, -0.25) is 9.78 Å². The van der Waals surface area contributed by atoms with Crippen molar-refractivity contribution < 1.29 is 22.7 Å². The second kappa shape index (κ2) is 6.60. The van der Waals surface area contributed by atoms with Crippen LogP contribution in [-0.2, 0) is 22.3 Å². The van der Waals surface area contributed by atoms with Crippen molar-refractivity contribution in [3.8, 4) is 0 Å². The van der Waals surface area contributed by atoms with Gasteiger partial charge in [0, 0.05) is 6.20 Å². The molecule has 1 aromatic heterocycles. The van der Waals surface area contributed by atoms with Gasteiger partial charge in [0.05, 0.1) is 17.2 Å². The molecule has 0 aliphatic heterocycles. The molecule has 0 fully saturated rings. The molecule has 1 heterocycles. The zero-order valence-corrected chi connectivity index (χ0v) is 11.8. The van der Waals surface area contributed by atoms with Crippen molar-refractivity contribution in [3.05, 3.63) is 65.5 Å². The SMILES string of the molecule is CC(C(=O)OCc1ccccn1)c1ccc(C(F)(F)F)cc1. The third-order valence-electron chi connectivity index (χ3n) is 3.18. The molecule has 1 aromatic carbocycles. The normalized spacial score (nSPS) is 12.7. The molecule has 1 atom stereocenters. The lowest BCUT2D eigenvalue weighted by Crippen LogP contribution is -2.14. The Morgan fingerprint density at radius 3 is 2.41 bits per heavy atom. The van der Waals surface area contributed by atoms with Crippen LogP contribution >= 0.6 is 0 Å². The maximum atomic E-state index is 12.5. The highest BCUT2D eigenvalue weighted by molar-refractivity contribution is 5.77. The Morgan fingerprint density at radius 1 is 1.18 bits per heavy atom. The van der Waals surface area contributed by atoms with E-state index < -0.39 is 23.6 Å². The van der Waals surface area contributed by atoms with Crippen LogP contribution in [0.2, 0.25) is 0 Å². The minimum atomic E-state index is -4.39. The molecule has 0 radical (unpaired) electrons. The topological polar surface area (TPSA) is 39.2 Å². The summed E-state index contributed by atoms with van der Waals surface area (Å²) < 4.78 is 42.6. The van der Waals surface area contributed by atoms with E-state index in [1.807, 2.05) is 0 Å². The number of hydrogen-bond acceptors (Lipinski definition) is 3. The van der Waals surface area contributed by atoms with Gasteiger partial charge in [-0.15, -0.1) is 0 Å². The molecule has 0 amide bonds. The Labute approximate surface area is 125 Å². The molecule has 1 unspecified atom stereocenters. The number of pyridine rings is 1. The van der Waals surface area contributed by atoms with Crippen molar-refractivity contribution in [2.45, 2.75) is 25.6 Å². The average Bonchev–Trinajstić information content (AvgIpc) is 2.52. The number of carbonyl (C=O) groups is 1. The molecular weight excluding hydrogens is 295 g/mol. The summed E-state index contributed by atoms with van der Waals surface area (Å²) in [5.74, 6) is -1.16. The molecule has 0 bridgehead atoms. The van der Waals surface area contributed by atoms with Crippen LogP contribution in [0.1, 0.15) is 29.7 Å². The number of rotatable bonds is 4. The van der Waals surface area contributed by atoms with Gasteiger partial charge < -0.3 is 4.74 Å². The predicted octanol–water partition coefficient (Wildman–Crippen LogP) is 3.95. The summed E-state index contributed by atoms with van der Waals surface area (Å²) in [6, 6.07) is 9.72. The maximum absolute atomic E-state index is 12.5. The second-order valence-corrected chi connectivity index (χ2v) is 4.77. The summed E-state index contributed by atoms with van der Waals surface area (Å²) in [5, 5.41) is 0. The van der Waals surface area contributed by atoms with E-state index in [9.17, 15) is 18.0 Å². The van der Waals surface area contributed by atoms with Crippen LogP contribution in [0.25, 0.3) is 0 Å². The number of aromatic nitrogens is 1. The van der Waals surface area contributed by atoms with Crippen molar-refractivity contribution in [1.82, 2.24) is 4.98 Å². The molecule has 0 aliphatic rings. The van der Waals surface area contributed by atoms with E-state index in [1.54, 1.807) is 31.3 Å². The lowest BCUT2D eigenvalue weighted by Gasteiger charge is -2.13. The number of ether oxygens (including phenoxy) is 1. The number of hydrogen-bond donors (Lipinski definition) is 0. The molecule has 0 saturated carbocycles. The fourth-order valence-corrected chi connectivity index (χ4v) is 1.85. The molecule has 0 N–H and O–H groups in total. The first-order chi connectivity index (χ1) is 10.4. The van der Waals surface area contributed by atoms with Gasteiger partial charge in [0.25, 0.3) is 0 Å². The summed E-state index contributed by atoms with van der Waals surface area (Å²) >= 11 is 0. The van der Waals surface area contributed by atoms with E-state index in [0.29, 0.717) is 11.3 Å². The van der Waals surface area contributed by atoms with E-state index in [0.717, 1.165) is 12.1 Å². The van der Waals surface area contributed by atoms with Gasteiger partial charge in [-0.2, -0.15) is 13.2 Å². The quantitative estimate of drug-likeness (QED) is 0.803. The van der Waals surface area contributed by atoms with Crippen LogP contribution < -0.4 is 0 Å². The average molecular weight is 309 g/mol. The van der Waals surface area contributed by atoms with E-state index in [4.69, 9.17) is 4.74 Å². The lowest BCUT2D eigenvalue weighted by molar-refractivity contribution is -0.146. The van der Waals surface area contributed by atoms with Crippen LogP contribution in [0.15, 0.2) is 48.7 Å². The maximum Gasteiger partial charge on any atom is 0.416 e. The Kier molecular flexibility index (Phi) is 4.80. The van der Waals surface area contributed by atoms with Gasteiger partial charge in [0.15, 0.2) is 0 Å². The van der Waals surface area contributed by atoms with Gasteiger partial charge in [-0.25, -0.2) is 0 Å². The summed E-state index contributed by atoms with van der Waals surface area (Å²) in [7, 11) is 0. The Balaban J connectivity index is 1.98. The molecule has 2 aromatic rings. The molecule has 2 rings (SSSR count). The van der Waals surface area contributed by atoms with Gasteiger partial charge >= 0.3 is 12.1 Å². The van der Waals surface area contributed by atoms with E-state index >= 15 is 0 Å². The van der Waals surface area contributed by atoms with Crippen LogP contribution in [0.4, 0.5) is 13.2 Å². The molecule has 0 spiro atoms. The molecule has 0 saturated heterocycles. The van der Waals surface area contributed by atoms with E-state index in [-0.39, 0.29) is 6.61 Å². The first kappa shape index (κ1) is 16.0. The van der Waals surface area contributed by atoms with Crippen molar-refractivity contribution in [2.75, 3.05) is 0 Å². The summed E-state index contributed by atoms with van der Waals surface area (Å²) in [6.07, 6.45) is -2.80. The molecule has 3 nitrogen and oxygen atoms in total. The number of carbonyl (C=O) groups excluding carboxylic acids is 1. The third kappa shape index (κ3) is 4.07. The number of nitrogens with zero attached hydrogens (tertiary/aromatic N) is 1. The molecule has 22 heavy (non-hydrogen) atoms. The Bertz CT molecular complexity index is 624. The van der Waals surface area contributed by atoms with Crippen molar-refractivity contribution in [1.29, 1.82) is 0 Å². The van der Waals surface area contributed by atoms with Crippen LogP contribution in [0.3, 0.4) is 0 Å². The van der Waals surface area contributed by atoms with Gasteiger partial charge in [-0.1, -0.05) is 18.2 Å². The minimum absolute atomic E-state index is 0.0324. The number of alkyl halides is 3. The highest BCUT2D eigenvalue weighted by Crippen LogP contribution is 2.30. The number of esters is 1. The zero-order chi connectivity index (χ0) is 16.2. The third-order valence-corrected chi connectivity index (χ3v) is 3.18. The van der Waals surface area contributed by atoms with Crippen LogP contribution in [0.5, 0.6) is 0 Å². The first-order valence-corrected chi connectivity index (χ1v) is 6.61. The Morgan fingerprint density at radius 2 is 1.86 bits per heavy atom. The monoisotopic (exact) mass is 309 g/mol.